The Hall–Kier alpha value is -2.61. The first kappa shape index (κ1) is 13.1. The van der Waals surface area contributed by atoms with Crippen molar-refractivity contribution in [1.29, 1.82) is 0 Å². The summed E-state index contributed by atoms with van der Waals surface area (Å²) in [6.07, 6.45) is 2.21. The number of rotatable bonds is 1. The van der Waals surface area contributed by atoms with Gasteiger partial charge in [-0.15, -0.1) is 0 Å². The third-order valence-corrected chi connectivity index (χ3v) is 4.48. The van der Waals surface area contributed by atoms with Crippen molar-refractivity contribution < 1.29 is 0 Å². The van der Waals surface area contributed by atoms with E-state index in [1.807, 2.05) is 6.07 Å². The lowest BCUT2D eigenvalue weighted by Gasteiger charge is -2.30. The van der Waals surface area contributed by atoms with Crippen molar-refractivity contribution in [2.24, 2.45) is 0 Å². The molecule has 22 heavy (non-hydrogen) atoms. The predicted octanol–water partition coefficient (Wildman–Crippen LogP) is 4.83. The monoisotopic (exact) mass is 286 g/mol. The van der Waals surface area contributed by atoms with Gasteiger partial charge in [0.25, 0.3) is 0 Å². The molecule has 0 saturated heterocycles. The fourth-order valence-electron chi connectivity index (χ4n) is 3.25. The summed E-state index contributed by atoms with van der Waals surface area (Å²) in [5.74, 6) is 0.348. The largest absolute Gasteiger partial charge is 0.350 e. The molecule has 0 N–H and O–H groups in total. The van der Waals surface area contributed by atoms with E-state index in [0.717, 1.165) is 11.2 Å². The minimum atomic E-state index is 0.348. The second kappa shape index (κ2) is 4.99. The van der Waals surface area contributed by atoms with E-state index < -0.39 is 0 Å². The molecule has 2 heteroatoms. The molecule has 108 valence electrons. The molecule has 1 aliphatic heterocycles. The maximum Gasteiger partial charge on any atom is 0.0709 e. The maximum absolute atomic E-state index is 4.86. The van der Waals surface area contributed by atoms with Gasteiger partial charge >= 0.3 is 0 Å². The number of hydrogen-bond donors (Lipinski definition) is 0. The average molecular weight is 286 g/mol. The Balaban J connectivity index is 1.84. The number of benzene rings is 2. The Morgan fingerprint density at radius 2 is 1.68 bits per heavy atom. The van der Waals surface area contributed by atoms with Crippen LogP contribution >= 0.6 is 0 Å². The van der Waals surface area contributed by atoms with Crippen LogP contribution in [0, 0.1) is 0 Å². The molecule has 0 amide bonds. The zero-order chi connectivity index (χ0) is 15.1. The van der Waals surface area contributed by atoms with E-state index >= 15 is 0 Å². The Morgan fingerprint density at radius 1 is 0.909 bits per heavy atom. The van der Waals surface area contributed by atoms with Gasteiger partial charge in [0.05, 0.1) is 11.2 Å². The summed E-state index contributed by atoms with van der Waals surface area (Å²) in [5, 5.41) is 1.18. The molecule has 4 rings (SSSR count). The quantitative estimate of drug-likeness (QED) is 0.637. The van der Waals surface area contributed by atoms with Crippen molar-refractivity contribution in [1.82, 2.24) is 4.98 Å². The molecule has 0 bridgehead atoms. The molecule has 0 fully saturated rings. The van der Waals surface area contributed by atoms with Gasteiger partial charge in [0.1, 0.15) is 0 Å². The van der Waals surface area contributed by atoms with Gasteiger partial charge in [-0.1, -0.05) is 49.4 Å². The zero-order valence-electron chi connectivity index (χ0n) is 12.8. The fraction of sp³-hybridized carbons (Fsp3) is 0.150. The highest BCUT2D eigenvalue weighted by molar-refractivity contribution is 5.84. The van der Waals surface area contributed by atoms with Crippen molar-refractivity contribution >= 4 is 22.2 Å². The average Bonchev–Trinajstić information content (AvgIpc) is 2.58. The predicted molar refractivity (Wildman–Crippen MR) is 93.0 cm³/mol. The molecule has 1 aromatic heterocycles. The summed E-state index contributed by atoms with van der Waals surface area (Å²) in [5.41, 5.74) is 6.02. The van der Waals surface area contributed by atoms with Crippen molar-refractivity contribution in [2.45, 2.75) is 12.8 Å². The summed E-state index contributed by atoms with van der Waals surface area (Å²) in [6.45, 7) is 2.26. The lowest BCUT2D eigenvalue weighted by atomic mass is 9.87. The number of pyridine rings is 1. The fourth-order valence-corrected chi connectivity index (χ4v) is 3.25. The second-order valence-corrected chi connectivity index (χ2v) is 5.87. The van der Waals surface area contributed by atoms with E-state index in [2.05, 4.69) is 79.7 Å². The first-order chi connectivity index (χ1) is 10.7. The van der Waals surface area contributed by atoms with E-state index in [4.69, 9.17) is 4.98 Å². The van der Waals surface area contributed by atoms with Crippen LogP contribution in [0.5, 0.6) is 0 Å². The van der Waals surface area contributed by atoms with Crippen LogP contribution in [0.2, 0.25) is 0 Å². The summed E-state index contributed by atoms with van der Waals surface area (Å²) in [6, 6.07) is 21.1. The Morgan fingerprint density at radius 3 is 2.59 bits per heavy atom. The van der Waals surface area contributed by atoms with Gasteiger partial charge in [0.2, 0.25) is 0 Å². The second-order valence-electron chi connectivity index (χ2n) is 5.87. The summed E-state index contributed by atoms with van der Waals surface area (Å²) < 4.78 is 0. The molecule has 1 unspecified atom stereocenters. The molecule has 0 spiro atoms. The number of para-hydroxylation sites is 2. The molecule has 1 atom stereocenters. The normalized spacial score (nSPS) is 17.3. The highest BCUT2D eigenvalue weighted by Crippen LogP contribution is 2.40. The van der Waals surface area contributed by atoms with Crippen LogP contribution in [-0.2, 0) is 0 Å². The SMILES string of the molecule is CC1C(c2ccc3ccccc3n2)=CN(C)c2ccccc21. The molecule has 0 radical (unpaired) electrons. The van der Waals surface area contributed by atoms with Crippen molar-refractivity contribution in [3.8, 4) is 0 Å². The van der Waals surface area contributed by atoms with Gasteiger partial charge in [-0.2, -0.15) is 0 Å². The van der Waals surface area contributed by atoms with Crippen LogP contribution in [-0.4, -0.2) is 12.0 Å². The van der Waals surface area contributed by atoms with Gasteiger partial charge in [-0.05, 0) is 23.8 Å². The molecular formula is C20H18N2. The van der Waals surface area contributed by atoms with E-state index in [1.54, 1.807) is 0 Å². The highest BCUT2D eigenvalue weighted by Gasteiger charge is 2.23. The highest BCUT2D eigenvalue weighted by atomic mass is 15.1. The third-order valence-electron chi connectivity index (χ3n) is 4.48. The lowest BCUT2D eigenvalue weighted by molar-refractivity contribution is 0.934. The first-order valence-electron chi connectivity index (χ1n) is 7.63. The first-order valence-corrected chi connectivity index (χ1v) is 7.63. The Labute approximate surface area is 130 Å². The molecule has 1 aliphatic rings. The summed E-state index contributed by atoms with van der Waals surface area (Å²) in [7, 11) is 2.10. The molecule has 3 aromatic rings. The maximum atomic E-state index is 4.86. The van der Waals surface area contributed by atoms with E-state index in [9.17, 15) is 0 Å². The van der Waals surface area contributed by atoms with Gasteiger partial charge in [-0.25, -0.2) is 4.98 Å². The Bertz CT molecular complexity index is 880. The van der Waals surface area contributed by atoms with Crippen LogP contribution in [0.3, 0.4) is 0 Å². The van der Waals surface area contributed by atoms with Gasteiger partial charge in [0.15, 0.2) is 0 Å². The zero-order valence-corrected chi connectivity index (χ0v) is 12.8. The van der Waals surface area contributed by atoms with E-state index in [-0.39, 0.29) is 0 Å². The smallest absolute Gasteiger partial charge is 0.0709 e. The minimum absolute atomic E-state index is 0.348. The number of aromatic nitrogens is 1. The number of nitrogens with zero attached hydrogens (tertiary/aromatic N) is 2. The molecule has 0 saturated carbocycles. The van der Waals surface area contributed by atoms with Crippen molar-refractivity contribution in [3.05, 3.63) is 78.1 Å². The standard InChI is InChI=1S/C20H18N2/c1-14-16-8-4-6-10-20(16)22(2)13-17(14)19-12-11-15-7-3-5-9-18(15)21-19/h3-14H,1-2H3. The van der Waals surface area contributed by atoms with Crippen LogP contribution < -0.4 is 4.90 Å². The van der Waals surface area contributed by atoms with Crippen LogP contribution in [0.25, 0.3) is 16.5 Å². The molecule has 2 heterocycles. The third kappa shape index (κ3) is 2.00. The summed E-state index contributed by atoms with van der Waals surface area (Å²) in [4.78, 5) is 7.06. The number of fused-ring (bicyclic) bond motifs is 2. The Kier molecular flexibility index (Phi) is 2.97. The van der Waals surface area contributed by atoms with Gasteiger partial charge < -0.3 is 4.90 Å². The lowest BCUT2D eigenvalue weighted by Crippen LogP contribution is -2.19. The molecule has 0 aliphatic carbocycles. The van der Waals surface area contributed by atoms with Gasteiger partial charge in [0, 0.05) is 35.8 Å². The molecular weight excluding hydrogens is 268 g/mol. The van der Waals surface area contributed by atoms with Crippen LogP contribution in [0.1, 0.15) is 24.1 Å². The molecule has 2 nitrogen and oxygen atoms in total. The van der Waals surface area contributed by atoms with E-state index in [0.29, 0.717) is 5.92 Å². The van der Waals surface area contributed by atoms with Gasteiger partial charge in [-0.3, -0.25) is 0 Å². The van der Waals surface area contributed by atoms with Crippen LogP contribution in [0.15, 0.2) is 66.9 Å². The summed E-state index contributed by atoms with van der Waals surface area (Å²) >= 11 is 0. The number of anilines is 1. The van der Waals surface area contributed by atoms with Crippen molar-refractivity contribution in [2.75, 3.05) is 11.9 Å². The van der Waals surface area contributed by atoms with Crippen LogP contribution in [0.4, 0.5) is 5.69 Å². The minimum Gasteiger partial charge on any atom is -0.350 e. The topological polar surface area (TPSA) is 16.1 Å². The van der Waals surface area contributed by atoms with E-state index in [1.165, 1.54) is 22.2 Å². The molecule has 2 aromatic carbocycles. The number of hydrogen-bond acceptors (Lipinski definition) is 2. The number of allylic oxidation sites excluding steroid dienone is 1. The van der Waals surface area contributed by atoms with Crippen molar-refractivity contribution in [3.63, 3.8) is 0 Å².